The van der Waals surface area contributed by atoms with Gasteiger partial charge in [0.2, 0.25) is 0 Å². The average Bonchev–Trinajstić information content (AvgIpc) is 4.05. The summed E-state index contributed by atoms with van der Waals surface area (Å²) in [5, 5.41) is 88.1. The van der Waals surface area contributed by atoms with Crippen LogP contribution in [0.2, 0.25) is 0 Å². The molecule has 1 aromatic carbocycles. The molecule has 0 unspecified atom stereocenters. The number of ether oxygens (including phenoxy) is 3. The van der Waals surface area contributed by atoms with Gasteiger partial charge in [-0.1, -0.05) is 33.8 Å². The van der Waals surface area contributed by atoms with Crippen LogP contribution >= 0.6 is 0 Å². The normalized spacial score (nSPS) is 32.8. The molecule has 66 heavy (non-hydrogen) atoms. The Labute approximate surface area is 382 Å². The van der Waals surface area contributed by atoms with Crippen LogP contribution in [0, 0.1) is 0 Å². The number of aliphatic hydroxyl groups is 6. The number of nitrogens with zero attached hydrogens (tertiary/aromatic N) is 9. The first-order valence-electron chi connectivity index (χ1n) is 22.9. The van der Waals surface area contributed by atoms with E-state index in [0.717, 1.165) is 33.8 Å². The molecular formula is C42H69N15O9. The van der Waals surface area contributed by atoms with Gasteiger partial charge in [-0.25, -0.2) is 14.0 Å². The van der Waals surface area contributed by atoms with Crippen LogP contribution in [0.5, 0.6) is 0 Å². The minimum absolute atomic E-state index is 0.311. The Balaban J connectivity index is 0.956. The largest absolute Gasteiger partial charge is 0.389 e. The van der Waals surface area contributed by atoms with Gasteiger partial charge in [0, 0.05) is 74.7 Å². The molecule has 3 aliphatic carbocycles. The van der Waals surface area contributed by atoms with Gasteiger partial charge in [0.05, 0.1) is 55.0 Å². The molecule has 0 spiro atoms. The van der Waals surface area contributed by atoms with Crippen molar-refractivity contribution in [3.05, 3.63) is 70.6 Å². The van der Waals surface area contributed by atoms with Gasteiger partial charge in [-0.05, 0) is 74.5 Å². The zero-order valence-electron chi connectivity index (χ0n) is 37.1. The average molecular weight is 928 g/mol. The Morgan fingerprint density at radius 3 is 0.970 bits per heavy atom. The summed E-state index contributed by atoms with van der Waals surface area (Å²) < 4.78 is 22.9. The second kappa shape index (κ2) is 22.9. The first-order valence-corrected chi connectivity index (χ1v) is 22.9. The molecule has 0 radical (unpaired) electrons. The lowest BCUT2D eigenvalue weighted by Gasteiger charge is -2.39. The highest BCUT2D eigenvalue weighted by Gasteiger charge is 2.43. The highest BCUT2D eigenvalue weighted by atomic mass is 16.5. The van der Waals surface area contributed by atoms with E-state index in [2.05, 4.69) is 49.1 Å². The number of rotatable bonds is 21. The van der Waals surface area contributed by atoms with E-state index >= 15 is 0 Å². The number of benzene rings is 1. The van der Waals surface area contributed by atoms with Crippen molar-refractivity contribution in [1.29, 1.82) is 0 Å². The Morgan fingerprint density at radius 2 is 0.697 bits per heavy atom. The van der Waals surface area contributed by atoms with Gasteiger partial charge < -0.3 is 79.3 Å². The third-order valence-corrected chi connectivity index (χ3v) is 12.8. The molecule has 15 atom stereocenters. The van der Waals surface area contributed by atoms with Crippen LogP contribution < -0.4 is 34.4 Å². The topological polar surface area (TPSA) is 397 Å². The fraction of sp³-hybridized carbons (Fsp3) is 0.714. The zero-order valence-corrected chi connectivity index (χ0v) is 37.1. The summed E-state index contributed by atoms with van der Waals surface area (Å²) in [7, 11) is 0. The smallest absolute Gasteiger partial charge is 0.109 e. The molecular weight excluding hydrogens is 859 g/mol. The summed E-state index contributed by atoms with van der Waals surface area (Å²) >= 11 is 0. The molecule has 0 amide bonds. The molecule has 3 saturated carbocycles. The molecule has 18 N–H and O–H groups in total. The van der Waals surface area contributed by atoms with Crippen LogP contribution in [0.15, 0.2) is 36.8 Å². The molecule has 24 nitrogen and oxygen atoms in total. The van der Waals surface area contributed by atoms with E-state index in [9.17, 15) is 30.6 Å². The van der Waals surface area contributed by atoms with Gasteiger partial charge in [-0.2, -0.15) is 0 Å². The molecule has 0 aliphatic heterocycles. The third kappa shape index (κ3) is 12.8. The number of aromatic nitrogens is 9. The van der Waals surface area contributed by atoms with Crippen LogP contribution in [-0.4, -0.2) is 187 Å². The van der Waals surface area contributed by atoms with E-state index < -0.39 is 91.2 Å². The summed E-state index contributed by atoms with van der Waals surface area (Å²) in [6.45, 7) is 2.23. The van der Waals surface area contributed by atoms with Gasteiger partial charge in [0.15, 0.2) is 0 Å². The lowest BCUT2D eigenvalue weighted by atomic mass is 9.85. The van der Waals surface area contributed by atoms with Gasteiger partial charge in [-0.3, -0.25) is 0 Å². The summed E-state index contributed by atoms with van der Waals surface area (Å²) in [5.41, 5.74) is 41.3. The third-order valence-electron chi connectivity index (χ3n) is 12.8. The fourth-order valence-corrected chi connectivity index (χ4v) is 9.22. The van der Waals surface area contributed by atoms with Crippen LogP contribution in [0.4, 0.5) is 0 Å². The maximum atomic E-state index is 10.4. The van der Waals surface area contributed by atoms with Gasteiger partial charge in [0.1, 0.15) is 36.6 Å². The fourth-order valence-electron chi connectivity index (χ4n) is 9.22. The molecule has 0 saturated heterocycles. The van der Waals surface area contributed by atoms with E-state index in [1.165, 1.54) is 0 Å². The zero-order chi connectivity index (χ0) is 47.1. The predicted octanol–water partition coefficient (Wildman–Crippen LogP) is -5.10. The van der Waals surface area contributed by atoms with Crippen molar-refractivity contribution in [3.8, 4) is 0 Å². The minimum atomic E-state index is -1.15. The predicted molar refractivity (Wildman–Crippen MR) is 236 cm³/mol. The Kier molecular flexibility index (Phi) is 17.3. The monoisotopic (exact) mass is 928 g/mol. The van der Waals surface area contributed by atoms with Crippen LogP contribution in [0.1, 0.15) is 72.3 Å². The van der Waals surface area contributed by atoms with Gasteiger partial charge in [0.25, 0.3) is 0 Å². The SMILES string of the molecule is N[C@@H]1C[C@H](N)[C@@H](OCCCc2cn(Cc3cc(Cn4cc(CCCO[C@H]5[C@H](O)[C@@H](O)[C@H](N)C[C@@H]5N)nn4)cc(Cn4cc(CCCO[C@H]5[C@H](O)[C@@H](O)[C@H](N)C[C@@H]5N)nn4)c3)nn2)[C@H](O)[C@H]1O. The summed E-state index contributed by atoms with van der Waals surface area (Å²) in [5.74, 6) is 0. The summed E-state index contributed by atoms with van der Waals surface area (Å²) in [4.78, 5) is 0. The quantitative estimate of drug-likeness (QED) is 0.0348. The standard InChI is InChI=1S/C42H69N15O9/c43-28-13-31(46)40(37(61)34(28)58)64-7-1-4-25-19-55(52-49-25)16-22-10-23(17-56-20-26(50-53-56)5-2-8-65-41-32(47)14-29(44)35(59)38(41)62)12-24(11-22)18-57-21-27(51-54-57)6-3-9-66-42-33(48)15-30(45)36(60)39(42)63/h10-12,19-21,28-42,58-63H,1-9,13-18,43-48H2/t28-,29-,30-,31+,32+,33+,34+,35+,36+,37-,38-,39-,40-,41-,42-/m1/s1. The number of nitrogens with two attached hydrogens (primary N) is 6. The van der Waals surface area contributed by atoms with E-state index in [1.54, 1.807) is 14.0 Å². The second-order valence-electron chi connectivity index (χ2n) is 18.3. The number of aryl methyl sites for hydroxylation is 3. The van der Waals surface area contributed by atoms with E-state index in [4.69, 9.17) is 48.6 Å². The van der Waals surface area contributed by atoms with Crippen molar-refractivity contribution in [2.24, 2.45) is 34.4 Å². The maximum Gasteiger partial charge on any atom is 0.109 e. The van der Waals surface area contributed by atoms with Crippen molar-refractivity contribution >= 4 is 0 Å². The first kappa shape index (κ1) is 49.9. The second-order valence-corrected chi connectivity index (χ2v) is 18.3. The lowest BCUT2D eigenvalue weighted by Crippen LogP contribution is -2.62. The van der Waals surface area contributed by atoms with Gasteiger partial charge in [-0.15, -0.1) is 15.3 Å². The van der Waals surface area contributed by atoms with E-state index in [0.29, 0.717) is 97.2 Å². The highest BCUT2D eigenvalue weighted by molar-refractivity contribution is 5.31. The first-order chi connectivity index (χ1) is 31.6. The van der Waals surface area contributed by atoms with E-state index in [-0.39, 0.29) is 0 Å². The minimum Gasteiger partial charge on any atom is -0.389 e. The van der Waals surface area contributed by atoms with Crippen LogP contribution in [0.25, 0.3) is 0 Å². The lowest BCUT2D eigenvalue weighted by molar-refractivity contribution is -0.127. The maximum absolute atomic E-state index is 10.4. The number of hydrogen-bond acceptors (Lipinski definition) is 21. The van der Waals surface area contributed by atoms with Crippen LogP contribution in [-0.2, 0) is 53.1 Å². The molecule has 7 rings (SSSR count). The van der Waals surface area contributed by atoms with Crippen molar-refractivity contribution in [2.45, 2.75) is 169 Å². The highest BCUT2D eigenvalue weighted by Crippen LogP contribution is 2.24. The van der Waals surface area contributed by atoms with E-state index in [1.807, 2.05) is 18.6 Å². The van der Waals surface area contributed by atoms with Gasteiger partial charge >= 0.3 is 0 Å². The Bertz CT molecular complexity index is 1870. The summed E-state index contributed by atoms with van der Waals surface area (Å²) in [6.07, 6.45) is 1.41. The Hall–Kier alpha value is -3.96. The van der Waals surface area contributed by atoms with Crippen LogP contribution in [0.3, 0.4) is 0 Å². The number of hydrogen-bond donors (Lipinski definition) is 12. The molecule has 0 bridgehead atoms. The van der Waals surface area contributed by atoms with Crippen molar-refractivity contribution in [1.82, 2.24) is 45.0 Å². The molecule has 3 aliphatic rings. The molecule has 3 aromatic heterocycles. The Morgan fingerprint density at radius 1 is 0.424 bits per heavy atom. The molecule has 24 heteroatoms. The molecule has 3 fully saturated rings. The molecule has 366 valence electrons. The molecule has 3 heterocycles. The number of aliphatic hydroxyl groups excluding tert-OH is 6. The molecule has 4 aromatic rings. The summed E-state index contributed by atoms with van der Waals surface area (Å²) in [6, 6.07) is 3.04. The van der Waals surface area contributed by atoms with Crippen molar-refractivity contribution in [3.63, 3.8) is 0 Å². The van der Waals surface area contributed by atoms with Crippen molar-refractivity contribution < 1.29 is 44.8 Å². The van der Waals surface area contributed by atoms with Crippen molar-refractivity contribution in [2.75, 3.05) is 19.8 Å².